The molecule has 2 rings (SSSR count). The molecule has 1 unspecified atom stereocenters. The lowest BCUT2D eigenvalue weighted by Crippen LogP contribution is -2.36. The number of benzene rings is 1. The van der Waals surface area contributed by atoms with Crippen LogP contribution in [0, 0.1) is 5.92 Å². The Labute approximate surface area is 120 Å². The van der Waals surface area contributed by atoms with Gasteiger partial charge in [0, 0.05) is 19.0 Å². The number of sulfonamides is 1. The second kappa shape index (κ2) is 5.93. The van der Waals surface area contributed by atoms with Crippen LogP contribution in [-0.2, 0) is 14.8 Å². The minimum Gasteiger partial charge on any atom is -0.327 e. The standard InChI is InChI=1S/C14H20N2O3S/c1-3-12(2)14(17)15-9-10-16(11-15)20(18,19)13-7-5-4-6-8-13/h4-8,12H,3,9-11H2,1-2H3. The number of hydrogen-bond acceptors (Lipinski definition) is 3. The molecule has 0 N–H and O–H groups in total. The quantitative estimate of drug-likeness (QED) is 0.846. The molecule has 20 heavy (non-hydrogen) atoms. The Hall–Kier alpha value is -1.40. The summed E-state index contributed by atoms with van der Waals surface area (Å²) in [4.78, 5) is 14.0. The molecule has 0 bridgehead atoms. The largest absolute Gasteiger partial charge is 0.327 e. The molecule has 0 radical (unpaired) electrons. The summed E-state index contributed by atoms with van der Waals surface area (Å²) in [6, 6.07) is 8.33. The van der Waals surface area contributed by atoms with Gasteiger partial charge in [-0.2, -0.15) is 4.31 Å². The Bertz CT molecular complexity index is 571. The molecule has 1 saturated heterocycles. The van der Waals surface area contributed by atoms with Crippen LogP contribution in [0.1, 0.15) is 20.3 Å². The number of carbonyl (C=O) groups is 1. The monoisotopic (exact) mass is 296 g/mol. The predicted octanol–water partition coefficient (Wildman–Crippen LogP) is 1.52. The molecule has 1 aromatic rings. The maximum absolute atomic E-state index is 12.4. The summed E-state index contributed by atoms with van der Waals surface area (Å²) in [5.74, 6) is -0.0346. The molecule has 1 fully saturated rings. The molecule has 1 aliphatic heterocycles. The van der Waals surface area contributed by atoms with Crippen LogP contribution in [-0.4, -0.2) is 43.3 Å². The summed E-state index contributed by atoms with van der Waals surface area (Å²) < 4.78 is 26.2. The van der Waals surface area contributed by atoms with Gasteiger partial charge in [0.1, 0.15) is 0 Å². The van der Waals surface area contributed by atoms with Crippen molar-refractivity contribution >= 4 is 15.9 Å². The van der Waals surface area contributed by atoms with Crippen molar-refractivity contribution in [3.05, 3.63) is 30.3 Å². The van der Waals surface area contributed by atoms with E-state index in [4.69, 9.17) is 0 Å². The van der Waals surface area contributed by atoms with E-state index in [0.717, 1.165) is 6.42 Å². The first kappa shape index (κ1) is 15.0. The highest BCUT2D eigenvalue weighted by Crippen LogP contribution is 2.20. The zero-order chi connectivity index (χ0) is 14.8. The number of nitrogens with zero attached hydrogens (tertiary/aromatic N) is 2. The molecule has 1 amide bonds. The second-order valence-corrected chi connectivity index (χ2v) is 6.98. The third kappa shape index (κ3) is 2.86. The Morgan fingerprint density at radius 3 is 2.50 bits per heavy atom. The average molecular weight is 296 g/mol. The van der Waals surface area contributed by atoms with E-state index in [1.165, 1.54) is 4.31 Å². The van der Waals surface area contributed by atoms with Crippen LogP contribution in [0.5, 0.6) is 0 Å². The molecular weight excluding hydrogens is 276 g/mol. The molecule has 1 aliphatic rings. The van der Waals surface area contributed by atoms with E-state index < -0.39 is 10.0 Å². The van der Waals surface area contributed by atoms with Crippen LogP contribution in [0.15, 0.2) is 35.2 Å². The summed E-state index contributed by atoms with van der Waals surface area (Å²) in [6.45, 7) is 4.81. The van der Waals surface area contributed by atoms with E-state index in [2.05, 4.69) is 0 Å². The minimum atomic E-state index is -3.50. The molecule has 5 nitrogen and oxygen atoms in total. The van der Waals surface area contributed by atoms with Crippen LogP contribution in [0.4, 0.5) is 0 Å². The van der Waals surface area contributed by atoms with Gasteiger partial charge in [0.05, 0.1) is 11.6 Å². The molecule has 0 spiro atoms. The first-order valence-corrected chi connectivity index (χ1v) is 8.24. The molecule has 1 atom stereocenters. The van der Waals surface area contributed by atoms with Gasteiger partial charge >= 0.3 is 0 Å². The van der Waals surface area contributed by atoms with Crippen LogP contribution in [0.25, 0.3) is 0 Å². The zero-order valence-corrected chi connectivity index (χ0v) is 12.6. The maximum atomic E-state index is 12.4. The van der Waals surface area contributed by atoms with Crippen molar-refractivity contribution in [2.24, 2.45) is 5.92 Å². The predicted molar refractivity (Wildman–Crippen MR) is 76.4 cm³/mol. The Morgan fingerprint density at radius 2 is 1.90 bits per heavy atom. The van der Waals surface area contributed by atoms with E-state index in [1.807, 2.05) is 13.8 Å². The van der Waals surface area contributed by atoms with E-state index in [-0.39, 0.29) is 23.4 Å². The van der Waals surface area contributed by atoms with Gasteiger partial charge < -0.3 is 4.90 Å². The van der Waals surface area contributed by atoms with Gasteiger partial charge in [-0.25, -0.2) is 8.42 Å². The third-order valence-corrected chi connectivity index (χ3v) is 5.52. The second-order valence-electron chi connectivity index (χ2n) is 5.05. The average Bonchev–Trinajstić information content (AvgIpc) is 2.97. The topological polar surface area (TPSA) is 57.7 Å². The summed E-state index contributed by atoms with van der Waals surface area (Å²) in [5, 5.41) is 0. The highest BCUT2D eigenvalue weighted by Gasteiger charge is 2.34. The normalized spacial score (nSPS) is 18.2. The fraction of sp³-hybridized carbons (Fsp3) is 0.500. The molecule has 0 saturated carbocycles. The van der Waals surface area contributed by atoms with Crippen molar-refractivity contribution in [3.8, 4) is 0 Å². The number of amides is 1. The molecule has 1 aromatic carbocycles. The summed E-state index contributed by atoms with van der Waals surface area (Å²) in [6.07, 6.45) is 0.765. The van der Waals surface area contributed by atoms with E-state index >= 15 is 0 Å². The van der Waals surface area contributed by atoms with Crippen LogP contribution in [0.2, 0.25) is 0 Å². The highest BCUT2D eigenvalue weighted by molar-refractivity contribution is 7.89. The Morgan fingerprint density at radius 1 is 1.25 bits per heavy atom. The van der Waals surface area contributed by atoms with E-state index in [0.29, 0.717) is 13.1 Å². The maximum Gasteiger partial charge on any atom is 0.244 e. The minimum absolute atomic E-state index is 0.0262. The Kier molecular flexibility index (Phi) is 4.45. The van der Waals surface area contributed by atoms with Crippen molar-refractivity contribution in [3.63, 3.8) is 0 Å². The van der Waals surface area contributed by atoms with Crippen LogP contribution < -0.4 is 0 Å². The van der Waals surface area contributed by atoms with E-state index in [9.17, 15) is 13.2 Å². The van der Waals surface area contributed by atoms with Gasteiger partial charge in [0.2, 0.25) is 15.9 Å². The fourth-order valence-corrected chi connectivity index (χ4v) is 3.58. The smallest absolute Gasteiger partial charge is 0.244 e. The molecule has 0 aromatic heterocycles. The summed E-state index contributed by atoms with van der Waals surface area (Å²) >= 11 is 0. The molecular formula is C14H20N2O3S. The van der Waals surface area contributed by atoms with Crippen LogP contribution >= 0.6 is 0 Å². The van der Waals surface area contributed by atoms with Gasteiger partial charge in [0.15, 0.2) is 0 Å². The van der Waals surface area contributed by atoms with E-state index in [1.54, 1.807) is 35.2 Å². The molecule has 1 heterocycles. The summed E-state index contributed by atoms with van der Waals surface area (Å²) in [7, 11) is -3.50. The van der Waals surface area contributed by atoms with Crippen molar-refractivity contribution < 1.29 is 13.2 Å². The van der Waals surface area contributed by atoms with Gasteiger partial charge in [-0.05, 0) is 18.6 Å². The summed E-state index contributed by atoms with van der Waals surface area (Å²) in [5.41, 5.74) is 0. The lowest BCUT2D eigenvalue weighted by Gasteiger charge is -2.20. The van der Waals surface area contributed by atoms with Crippen molar-refractivity contribution in [1.29, 1.82) is 0 Å². The number of carbonyl (C=O) groups excluding carboxylic acids is 1. The van der Waals surface area contributed by atoms with Gasteiger partial charge in [0.25, 0.3) is 0 Å². The van der Waals surface area contributed by atoms with Gasteiger partial charge in [-0.1, -0.05) is 32.0 Å². The zero-order valence-electron chi connectivity index (χ0n) is 11.8. The molecule has 6 heteroatoms. The fourth-order valence-electron chi connectivity index (χ4n) is 2.17. The highest BCUT2D eigenvalue weighted by atomic mass is 32.2. The van der Waals surface area contributed by atoms with Crippen molar-refractivity contribution in [2.75, 3.05) is 19.8 Å². The number of hydrogen-bond donors (Lipinski definition) is 0. The SMILES string of the molecule is CCC(C)C(=O)N1CCN(S(=O)(=O)c2ccccc2)C1. The molecule has 0 aliphatic carbocycles. The van der Waals surface area contributed by atoms with Gasteiger partial charge in [-0.3, -0.25) is 4.79 Å². The van der Waals surface area contributed by atoms with Crippen LogP contribution in [0.3, 0.4) is 0 Å². The Balaban J connectivity index is 2.12. The van der Waals surface area contributed by atoms with Crippen molar-refractivity contribution in [2.45, 2.75) is 25.2 Å². The lowest BCUT2D eigenvalue weighted by molar-refractivity contribution is -0.134. The number of rotatable bonds is 4. The third-order valence-electron chi connectivity index (χ3n) is 3.67. The lowest BCUT2D eigenvalue weighted by atomic mass is 10.1. The molecule has 110 valence electrons. The van der Waals surface area contributed by atoms with Crippen molar-refractivity contribution in [1.82, 2.24) is 9.21 Å². The first-order chi connectivity index (χ1) is 9.46. The van der Waals surface area contributed by atoms with Gasteiger partial charge in [-0.15, -0.1) is 0 Å². The first-order valence-electron chi connectivity index (χ1n) is 6.80.